The fraction of sp³-hybridized carbons (Fsp3) is 0.263. The molecule has 0 unspecified atom stereocenters. The van der Waals surface area contributed by atoms with Crippen molar-refractivity contribution in [3.8, 4) is 0 Å². The molecule has 7 nitrogen and oxygen atoms in total. The Morgan fingerprint density at radius 2 is 1.68 bits per heavy atom. The minimum Gasteiger partial charge on any atom is -0.351 e. The normalized spacial score (nSPS) is 13.8. The van der Waals surface area contributed by atoms with Gasteiger partial charge in [-0.3, -0.25) is 9.59 Å². The highest BCUT2D eigenvalue weighted by Gasteiger charge is 2.29. The molecule has 0 saturated heterocycles. The monoisotopic (exact) mass is 405 g/mol. The minimum atomic E-state index is -3.99. The van der Waals surface area contributed by atoms with Gasteiger partial charge in [-0.2, -0.15) is 0 Å². The first-order valence-corrected chi connectivity index (χ1v) is 10.3. The van der Waals surface area contributed by atoms with Gasteiger partial charge in [0.25, 0.3) is 5.91 Å². The molecule has 0 radical (unpaired) electrons. The van der Waals surface area contributed by atoms with Crippen LogP contribution in [0.25, 0.3) is 0 Å². The fourth-order valence-corrected chi connectivity index (χ4v) is 3.61. The van der Waals surface area contributed by atoms with E-state index in [1.165, 1.54) is 18.2 Å². The highest BCUT2D eigenvalue weighted by atomic mass is 32.2. The maximum absolute atomic E-state index is 13.6. The molecule has 3 N–H and O–H groups in total. The molecule has 28 heavy (non-hydrogen) atoms. The van der Waals surface area contributed by atoms with Crippen LogP contribution >= 0.6 is 0 Å². The molecule has 2 aromatic rings. The summed E-state index contributed by atoms with van der Waals surface area (Å²) in [6, 6.07) is 11.5. The summed E-state index contributed by atoms with van der Waals surface area (Å²) in [5, 5.41) is 5.36. The molecule has 9 heteroatoms. The van der Waals surface area contributed by atoms with Crippen molar-refractivity contribution < 1.29 is 22.4 Å². The van der Waals surface area contributed by atoms with E-state index in [4.69, 9.17) is 0 Å². The van der Waals surface area contributed by atoms with Gasteiger partial charge in [-0.05, 0) is 49.2 Å². The van der Waals surface area contributed by atoms with Crippen LogP contribution in [0.4, 0.5) is 10.1 Å². The highest BCUT2D eigenvalue weighted by Crippen LogP contribution is 2.30. The third-order valence-corrected chi connectivity index (χ3v) is 5.69. The molecular formula is C19H20FN3O4S. The average Bonchev–Trinajstić information content (AvgIpc) is 3.51. The molecule has 1 saturated carbocycles. The van der Waals surface area contributed by atoms with Crippen LogP contribution in [0.3, 0.4) is 0 Å². The van der Waals surface area contributed by atoms with Crippen molar-refractivity contribution in [3.05, 3.63) is 59.9 Å². The number of carbonyl (C=O) groups is 2. The van der Waals surface area contributed by atoms with E-state index in [2.05, 4.69) is 15.4 Å². The summed E-state index contributed by atoms with van der Waals surface area (Å²) in [6.07, 6.45) is 1.82. The minimum absolute atomic E-state index is 0.0145. The molecule has 148 valence electrons. The van der Waals surface area contributed by atoms with Crippen molar-refractivity contribution in [2.75, 3.05) is 18.4 Å². The van der Waals surface area contributed by atoms with E-state index in [1.54, 1.807) is 24.3 Å². The van der Waals surface area contributed by atoms with Crippen molar-refractivity contribution in [2.24, 2.45) is 5.92 Å². The van der Waals surface area contributed by atoms with Gasteiger partial charge in [0.05, 0.1) is 0 Å². The Hall–Kier alpha value is -2.78. The Morgan fingerprint density at radius 3 is 2.32 bits per heavy atom. The number of rotatable bonds is 8. The topological polar surface area (TPSA) is 104 Å². The summed E-state index contributed by atoms with van der Waals surface area (Å²) in [6.45, 7) is -0.0510. The Balaban J connectivity index is 1.46. The molecule has 0 heterocycles. The van der Waals surface area contributed by atoms with Crippen LogP contribution in [0.2, 0.25) is 0 Å². The van der Waals surface area contributed by atoms with Gasteiger partial charge in [0.2, 0.25) is 15.9 Å². The van der Waals surface area contributed by atoms with Crippen LogP contribution in [0.5, 0.6) is 0 Å². The number of benzene rings is 2. The van der Waals surface area contributed by atoms with Crippen molar-refractivity contribution in [2.45, 2.75) is 17.7 Å². The number of halogens is 1. The number of sulfonamides is 1. The molecule has 0 aliphatic heterocycles. The second-order valence-electron chi connectivity index (χ2n) is 6.42. The number of amides is 2. The van der Waals surface area contributed by atoms with Crippen LogP contribution < -0.4 is 15.4 Å². The second kappa shape index (κ2) is 8.49. The molecular weight excluding hydrogens is 385 g/mol. The Bertz CT molecular complexity index is 973. The van der Waals surface area contributed by atoms with E-state index in [1.807, 2.05) is 0 Å². The average molecular weight is 405 g/mol. The lowest BCUT2D eigenvalue weighted by Gasteiger charge is -2.09. The first-order valence-electron chi connectivity index (χ1n) is 8.80. The molecule has 0 spiro atoms. The maximum Gasteiger partial charge on any atom is 0.251 e. The van der Waals surface area contributed by atoms with Gasteiger partial charge in [0.15, 0.2) is 0 Å². The van der Waals surface area contributed by atoms with Gasteiger partial charge in [0.1, 0.15) is 10.7 Å². The number of carbonyl (C=O) groups excluding carboxylic acids is 2. The van der Waals surface area contributed by atoms with Crippen molar-refractivity contribution in [1.29, 1.82) is 0 Å². The van der Waals surface area contributed by atoms with Crippen LogP contribution in [0.15, 0.2) is 53.4 Å². The lowest BCUT2D eigenvalue weighted by molar-refractivity contribution is -0.117. The van der Waals surface area contributed by atoms with E-state index in [9.17, 15) is 22.4 Å². The number of nitrogens with one attached hydrogen (secondary N) is 3. The van der Waals surface area contributed by atoms with E-state index in [0.29, 0.717) is 11.3 Å². The first-order chi connectivity index (χ1) is 13.4. The summed E-state index contributed by atoms with van der Waals surface area (Å²) >= 11 is 0. The standard InChI is InChI=1S/C19H20FN3O4S/c20-16-3-1-2-4-17(16)28(26,27)22-12-11-21-18(24)13-7-9-15(10-8-13)23-19(25)14-5-6-14/h1-4,7-10,14,22H,5-6,11-12H2,(H,21,24)(H,23,25). The van der Waals surface area contributed by atoms with Gasteiger partial charge in [-0.15, -0.1) is 0 Å². The fourth-order valence-electron chi connectivity index (χ4n) is 2.50. The molecule has 2 amide bonds. The number of anilines is 1. The zero-order chi connectivity index (χ0) is 20.1. The second-order valence-corrected chi connectivity index (χ2v) is 8.16. The van der Waals surface area contributed by atoms with Crippen molar-refractivity contribution in [3.63, 3.8) is 0 Å². The van der Waals surface area contributed by atoms with Crippen LogP contribution in [0, 0.1) is 11.7 Å². The molecule has 1 aliphatic rings. The molecule has 2 aromatic carbocycles. The van der Waals surface area contributed by atoms with E-state index in [-0.39, 0.29) is 30.8 Å². The number of hydrogen-bond donors (Lipinski definition) is 3. The molecule has 0 bridgehead atoms. The summed E-state index contributed by atoms with van der Waals surface area (Å²) < 4.78 is 39.9. The Labute approximate surface area is 162 Å². The summed E-state index contributed by atoms with van der Waals surface area (Å²) in [5.41, 5.74) is 0.993. The zero-order valence-electron chi connectivity index (χ0n) is 14.9. The third kappa shape index (κ3) is 5.14. The maximum atomic E-state index is 13.6. The van der Waals surface area contributed by atoms with Gasteiger partial charge in [-0.25, -0.2) is 17.5 Å². The quantitative estimate of drug-likeness (QED) is 0.583. The van der Waals surface area contributed by atoms with Crippen LogP contribution in [-0.4, -0.2) is 33.3 Å². The highest BCUT2D eigenvalue weighted by molar-refractivity contribution is 7.89. The molecule has 1 fully saturated rings. The zero-order valence-corrected chi connectivity index (χ0v) is 15.8. The number of hydrogen-bond acceptors (Lipinski definition) is 4. The Kier molecular flexibility index (Phi) is 6.05. The molecule has 0 atom stereocenters. The van der Waals surface area contributed by atoms with Crippen LogP contribution in [-0.2, 0) is 14.8 Å². The van der Waals surface area contributed by atoms with Gasteiger partial charge in [-0.1, -0.05) is 12.1 Å². The largest absolute Gasteiger partial charge is 0.351 e. The van der Waals surface area contributed by atoms with E-state index >= 15 is 0 Å². The summed E-state index contributed by atoms with van der Waals surface area (Å²) in [7, 11) is -3.99. The van der Waals surface area contributed by atoms with Gasteiger partial charge < -0.3 is 10.6 Å². The van der Waals surface area contributed by atoms with Crippen molar-refractivity contribution in [1.82, 2.24) is 10.0 Å². The predicted octanol–water partition coefficient (Wildman–Crippen LogP) is 1.88. The lowest BCUT2D eigenvalue weighted by atomic mass is 10.2. The summed E-state index contributed by atoms with van der Waals surface area (Å²) in [5.74, 6) is -1.14. The third-order valence-electron chi connectivity index (χ3n) is 4.19. The van der Waals surface area contributed by atoms with E-state index < -0.39 is 20.7 Å². The van der Waals surface area contributed by atoms with Crippen molar-refractivity contribution >= 4 is 27.5 Å². The van der Waals surface area contributed by atoms with Gasteiger partial charge >= 0.3 is 0 Å². The molecule has 1 aliphatic carbocycles. The Morgan fingerprint density at radius 1 is 1.00 bits per heavy atom. The lowest BCUT2D eigenvalue weighted by Crippen LogP contribution is -2.35. The van der Waals surface area contributed by atoms with Gasteiger partial charge in [0, 0.05) is 30.3 Å². The van der Waals surface area contributed by atoms with Crippen LogP contribution in [0.1, 0.15) is 23.2 Å². The predicted molar refractivity (Wildman–Crippen MR) is 102 cm³/mol. The SMILES string of the molecule is O=C(NCCNS(=O)(=O)c1ccccc1F)c1ccc(NC(=O)C2CC2)cc1. The molecule has 3 rings (SSSR count). The smallest absolute Gasteiger partial charge is 0.251 e. The first kappa shape index (κ1) is 20.0. The summed E-state index contributed by atoms with van der Waals surface area (Å²) in [4.78, 5) is 23.4. The van der Waals surface area contributed by atoms with E-state index in [0.717, 1.165) is 18.9 Å². The molecule has 0 aromatic heterocycles.